The Morgan fingerprint density at radius 3 is 2.27 bits per heavy atom. The van der Waals surface area contributed by atoms with Crippen LogP contribution in [0.15, 0.2) is 42.5 Å². The van der Waals surface area contributed by atoms with Crippen molar-refractivity contribution >= 4 is 40.8 Å². The number of carbonyl (C=O) groups excluding carboxylic acids is 3. The molecule has 2 amide bonds. The van der Waals surface area contributed by atoms with Crippen LogP contribution in [0.4, 0.5) is 11.4 Å². The molecule has 0 spiro atoms. The lowest BCUT2D eigenvalue weighted by Gasteiger charge is -2.11. The SMILES string of the molecule is CCCC(=O)Nc1ccc(Cl)c(NC(=O)c2ccc(C(=O)OC)cc2)c1. The molecular weight excluding hydrogens is 356 g/mol. The summed E-state index contributed by atoms with van der Waals surface area (Å²) in [6.45, 7) is 1.92. The standard InChI is InChI=1S/C19H19ClN2O4/c1-3-4-17(23)21-14-9-10-15(20)16(11-14)22-18(24)12-5-7-13(8-6-12)19(25)26-2/h5-11H,3-4H2,1-2H3,(H,21,23)(H,22,24). The van der Waals surface area contributed by atoms with Crippen molar-refractivity contribution < 1.29 is 19.1 Å². The summed E-state index contributed by atoms with van der Waals surface area (Å²) in [5, 5.41) is 5.79. The minimum Gasteiger partial charge on any atom is -0.465 e. The number of esters is 1. The normalized spacial score (nSPS) is 10.1. The van der Waals surface area contributed by atoms with E-state index in [0.717, 1.165) is 6.42 Å². The molecule has 0 saturated heterocycles. The van der Waals surface area contributed by atoms with E-state index in [1.54, 1.807) is 18.2 Å². The summed E-state index contributed by atoms with van der Waals surface area (Å²) in [4.78, 5) is 35.5. The molecule has 0 unspecified atom stereocenters. The van der Waals surface area contributed by atoms with Gasteiger partial charge in [0.25, 0.3) is 5.91 Å². The maximum absolute atomic E-state index is 12.4. The molecule has 0 heterocycles. The fourth-order valence-corrected chi connectivity index (χ4v) is 2.38. The van der Waals surface area contributed by atoms with E-state index in [1.165, 1.54) is 31.4 Å². The highest BCUT2D eigenvalue weighted by Gasteiger charge is 2.12. The van der Waals surface area contributed by atoms with Crippen molar-refractivity contribution in [1.82, 2.24) is 0 Å². The first-order chi connectivity index (χ1) is 12.4. The number of hydrogen-bond donors (Lipinski definition) is 2. The molecule has 0 aromatic heterocycles. The zero-order valence-corrected chi connectivity index (χ0v) is 15.2. The summed E-state index contributed by atoms with van der Waals surface area (Å²) in [7, 11) is 1.29. The molecule has 2 N–H and O–H groups in total. The maximum Gasteiger partial charge on any atom is 0.337 e. The Hall–Kier alpha value is -2.86. The van der Waals surface area contributed by atoms with Crippen LogP contribution in [0.1, 0.15) is 40.5 Å². The average Bonchev–Trinajstić information content (AvgIpc) is 2.64. The second kappa shape index (κ2) is 9.01. The predicted molar refractivity (Wildman–Crippen MR) is 101 cm³/mol. The van der Waals surface area contributed by atoms with E-state index in [-0.39, 0.29) is 11.8 Å². The number of nitrogens with one attached hydrogen (secondary N) is 2. The number of methoxy groups -OCH3 is 1. The molecule has 2 aromatic carbocycles. The fraction of sp³-hybridized carbons (Fsp3) is 0.211. The van der Waals surface area contributed by atoms with Gasteiger partial charge >= 0.3 is 5.97 Å². The van der Waals surface area contributed by atoms with Gasteiger partial charge in [-0.1, -0.05) is 18.5 Å². The van der Waals surface area contributed by atoms with Crippen molar-refractivity contribution in [3.8, 4) is 0 Å². The highest BCUT2D eigenvalue weighted by molar-refractivity contribution is 6.34. The van der Waals surface area contributed by atoms with Crippen LogP contribution in [0.25, 0.3) is 0 Å². The van der Waals surface area contributed by atoms with Crippen molar-refractivity contribution in [1.29, 1.82) is 0 Å². The number of rotatable bonds is 6. The Bertz CT molecular complexity index is 819. The first-order valence-electron chi connectivity index (χ1n) is 8.03. The van der Waals surface area contributed by atoms with E-state index < -0.39 is 5.97 Å². The number of benzene rings is 2. The van der Waals surface area contributed by atoms with Crippen molar-refractivity contribution in [3.63, 3.8) is 0 Å². The molecule has 0 radical (unpaired) electrons. The molecule has 0 aliphatic heterocycles. The lowest BCUT2D eigenvalue weighted by molar-refractivity contribution is -0.116. The number of halogens is 1. The summed E-state index contributed by atoms with van der Waals surface area (Å²) < 4.78 is 4.62. The van der Waals surface area contributed by atoms with Crippen molar-refractivity contribution in [2.24, 2.45) is 0 Å². The van der Waals surface area contributed by atoms with Gasteiger partial charge in [0.15, 0.2) is 0 Å². The van der Waals surface area contributed by atoms with Gasteiger partial charge in [-0.15, -0.1) is 0 Å². The molecule has 7 heteroatoms. The average molecular weight is 375 g/mol. The Balaban J connectivity index is 2.12. The Labute approximate surface area is 156 Å². The van der Waals surface area contributed by atoms with Crippen LogP contribution in [0.2, 0.25) is 5.02 Å². The molecule has 0 aliphatic carbocycles. The van der Waals surface area contributed by atoms with Gasteiger partial charge in [-0.05, 0) is 48.9 Å². The van der Waals surface area contributed by atoms with Crippen molar-refractivity contribution in [2.75, 3.05) is 17.7 Å². The zero-order valence-electron chi connectivity index (χ0n) is 14.5. The number of anilines is 2. The van der Waals surface area contributed by atoms with Crippen molar-refractivity contribution in [3.05, 3.63) is 58.6 Å². The molecular formula is C19H19ClN2O4. The Morgan fingerprint density at radius 1 is 1.00 bits per heavy atom. The third-order valence-electron chi connectivity index (χ3n) is 3.54. The zero-order chi connectivity index (χ0) is 19.1. The van der Waals surface area contributed by atoms with Gasteiger partial charge in [-0.2, -0.15) is 0 Å². The summed E-state index contributed by atoms with van der Waals surface area (Å²) in [5.41, 5.74) is 1.63. The van der Waals surface area contributed by atoms with E-state index >= 15 is 0 Å². The monoisotopic (exact) mass is 374 g/mol. The van der Waals surface area contributed by atoms with Gasteiger partial charge in [-0.3, -0.25) is 9.59 Å². The third-order valence-corrected chi connectivity index (χ3v) is 3.87. The van der Waals surface area contributed by atoms with Gasteiger partial charge in [0.05, 0.1) is 23.4 Å². The molecule has 0 fully saturated rings. The topological polar surface area (TPSA) is 84.5 Å². The number of amides is 2. The minimum atomic E-state index is -0.476. The molecule has 0 bridgehead atoms. The summed E-state index contributed by atoms with van der Waals surface area (Å²) in [5.74, 6) is -0.971. The van der Waals surface area contributed by atoms with E-state index in [1.807, 2.05) is 6.92 Å². The smallest absolute Gasteiger partial charge is 0.337 e. The predicted octanol–water partition coefficient (Wildman–Crippen LogP) is 4.12. The van der Waals surface area contributed by atoms with E-state index in [0.29, 0.717) is 33.9 Å². The van der Waals surface area contributed by atoms with E-state index in [2.05, 4.69) is 15.4 Å². The molecule has 6 nitrogen and oxygen atoms in total. The molecule has 0 saturated carbocycles. The van der Waals surface area contributed by atoms with E-state index in [9.17, 15) is 14.4 Å². The van der Waals surface area contributed by atoms with Crippen LogP contribution in [-0.4, -0.2) is 24.9 Å². The summed E-state index contributed by atoms with van der Waals surface area (Å²) in [6.07, 6.45) is 1.15. The van der Waals surface area contributed by atoms with Gasteiger partial charge in [0, 0.05) is 17.7 Å². The van der Waals surface area contributed by atoms with Crippen LogP contribution >= 0.6 is 11.6 Å². The molecule has 0 atom stereocenters. The molecule has 0 aliphatic rings. The van der Waals surface area contributed by atoms with Crippen LogP contribution < -0.4 is 10.6 Å². The summed E-state index contributed by atoms with van der Waals surface area (Å²) in [6, 6.07) is 10.9. The number of hydrogen-bond acceptors (Lipinski definition) is 4. The van der Waals surface area contributed by atoms with E-state index in [4.69, 9.17) is 11.6 Å². The second-order valence-corrected chi connectivity index (χ2v) is 5.92. The Morgan fingerprint density at radius 2 is 1.65 bits per heavy atom. The van der Waals surface area contributed by atoms with Crippen LogP contribution in [0, 0.1) is 0 Å². The quantitative estimate of drug-likeness (QED) is 0.745. The first kappa shape index (κ1) is 19.5. The first-order valence-corrected chi connectivity index (χ1v) is 8.41. The van der Waals surface area contributed by atoms with Gasteiger partial charge in [-0.25, -0.2) is 4.79 Å². The van der Waals surface area contributed by atoms with Crippen molar-refractivity contribution in [2.45, 2.75) is 19.8 Å². The summed E-state index contributed by atoms with van der Waals surface area (Å²) >= 11 is 6.12. The molecule has 26 heavy (non-hydrogen) atoms. The molecule has 136 valence electrons. The fourth-order valence-electron chi connectivity index (χ4n) is 2.22. The second-order valence-electron chi connectivity index (χ2n) is 5.52. The van der Waals surface area contributed by atoms with Crippen LogP contribution in [0.5, 0.6) is 0 Å². The lowest BCUT2D eigenvalue weighted by Crippen LogP contribution is -2.14. The highest BCUT2D eigenvalue weighted by atomic mass is 35.5. The molecule has 2 rings (SSSR count). The number of carbonyl (C=O) groups is 3. The van der Waals surface area contributed by atoms with Gasteiger partial charge in [0.1, 0.15) is 0 Å². The lowest BCUT2D eigenvalue weighted by atomic mass is 10.1. The van der Waals surface area contributed by atoms with Gasteiger partial charge in [0.2, 0.25) is 5.91 Å². The van der Waals surface area contributed by atoms with Crippen LogP contribution in [0.3, 0.4) is 0 Å². The Kier molecular flexibility index (Phi) is 6.74. The largest absolute Gasteiger partial charge is 0.465 e. The van der Waals surface area contributed by atoms with Gasteiger partial charge < -0.3 is 15.4 Å². The highest BCUT2D eigenvalue weighted by Crippen LogP contribution is 2.26. The third kappa shape index (κ3) is 5.07. The van der Waals surface area contributed by atoms with Crippen LogP contribution in [-0.2, 0) is 9.53 Å². The minimum absolute atomic E-state index is 0.106. The maximum atomic E-state index is 12.4. The molecule has 2 aromatic rings. The number of ether oxygens (including phenoxy) is 1.